The Hall–Kier alpha value is -4.81. The van der Waals surface area contributed by atoms with Gasteiger partial charge in [-0.15, -0.1) is 0 Å². The van der Waals surface area contributed by atoms with Gasteiger partial charge in [0.05, 0.1) is 5.69 Å². The molecule has 180 valence electrons. The van der Waals surface area contributed by atoms with Gasteiger partial charge in [-0.05, 0) is 57.8 Å². The fourth-order valence-corrected chi connectivity index (χ4v) is 5.01. The lowest BCUT2D eigenvalue weighted by Gasteiger charge is -2.23. The number of carbonyl (C=O) groups excluding carboxylic acids is 3. The van der Waals surface area contributed by atoms with E-state index >= 15 is 0 Å². The highest BCUT2D eigenvalue weighted by Gasteiger charge is 2.27. The third-order valence-electron chi connectivity index (χ3n) is 6.82. The molecular formula is C31H22N2O4. The van der Waals surface area contributed by atoms with Crippen molar-refractivity contribution in [2.45, 2.75) is 12.1 Å². The first-order valence-electron chi connectivity index (χ1n) is 11.9. The quantitative estimate of drug-likeness (QED) is 0.329. The SMILES string of the molecule is O=C1C=CC(=O)N1c1ccc(C(c2ccc(N3C(=O)C=CC3O)cc2)c2ccc3ccccc3c2)cc1. The number of hydrogen-bond acceptors (Lipinski definition) is 4. The van der Waals surface area contributed by atoms with Crippen molar-refractivity contribution < 1.29 is 19.5 Å². The summed E-state index contributed by atoms with van der Waals surface area (Å²) in [6, 6.07) is 29.5. The Morgan fingerprint density at radius 2 is 1.16 bits per heavy atom. The molecule has 0 aromatic heterocycles. The minimum Gasteiger partial charge on any atom is -0.369 e. The van der Waals surface area contributed by atoms with Crippen LogP contribution in [0.4, 0.5) is 11.4 Å². The third-order valence-corrected chi connectivity index (χ3v) is 6.82. The first kappa shape index (κ1) is 22.6. The minimum absolute atomic E-state index is 0.145. The van der Waals surface area contributed by atoms with Crippen LogP contribution in [-0.2, 0) is 14.4 Å². The largest absolute Gasteiger partial charge is 0.369 e. The predicted octanol–water partition coefficient (Wildman–Crippen LogP) is 4.67. The summed E-state index contributed by atoms with van der Waals surface area (Å²) in [5, 5.41) is 12.4. The lowest BCUT2D eigenvalue weighted by molar-refractivity contribution is -0.120. The number of aliphatic hydroxyl groups excluding tert-OH is 1. The molecule has 6 nitrogen and oxygen atoms in total. The van der Waals surface area contributed by atoms with Crippen LogP contribution in [0.1, 0.15) is 22.6 Å². The van der Waals surface area contributed by atoms with Crippen molar-refractivity contribution in [2.24, 2.45) is 0 Å². The third kappa shape index (κ3) is 4.03. The van der Waals surface area contributed by atoms with Crippen LogP contribution in [0.15, 0.2) is 115 Å². The van der Waals surface area contributed by atoms with Crippen LogP contribution < -0.4 is 9.80 Å². The van der Waals surface area contributed by atoms with Crippen molar-refractivity contribution in [1.29, 1.82) is 0 Å². The Balaban J connectivity index is 1.41. The summed E-state index contributed by atoms with van der Waals surface area (Å²) in [5.74, 6) is -1.12. The summed E-state index contributed by atoms with van der Waals surface area (Å²) in [4.78, 5) is 38.9. The second kappa shape index (κ2) is 9.00. The second-order valence-electron chi connectivity index (χ2n) is 9.05. The van der Waals surface area contributed by atoms with Crippen molar-refractivity contribution in [3.63, 3.8) is 0 Å². The van der Waals surface area contributed by atoms with E-state index in [2.05, 4.69) is 30.3 Å². The number of imide groups is 1. The molecule has 0 bridgehead atoms. The Morgan fingerprint density at radius 3 is 1.76 bits per heavy atom. The Bertz CT molecular complexity index is 1580. The van der Waals surface area contributed by atoms with Crippen molar-refractivity contribution in [2.75, 3.05) is 9.80 Å². The molecule has 0 fully saturated rings. The van der Waals surface area contributed by atoms with Crippen LogP contribution >= 0.6 is 0 Å². The van der Waals surface area contributed by atoms with Gasteiger partial charge < -0.3 is 5.11 Å². The van der Waals surface area contributed by atoms with Gasteiger partial charge >= 0.3 is 0 Å². The molecule has 3 amide bonds. The van der Waals surface area contributed by atoms with Gasteiger partial charge in [-0.3, -0.25) is 19.3 Å². The van der Waals surface area contributed by atoms with Gasteiger partial charge in [0.15, 0.2) is 6.23 Å². The van der Waals surface area contributed by atoms with E-state index in [4.69, 9.17) is 0 Å². The number of anilines is 2. The molecular weight excluding hydrogens is 464 g/mol. The van der Waals surface area contributed by atoms with E-state index in [9.17, 15) is 19.5 Å². The number of nitrogens with zero attached hydrogens (tertiary/aromatic N) is 2. The van der Waals surface area contributed by atoms with E-state index in [1.165, 1.54) is 29.2 Å². The van der Waals surface area contributed by atoms with Crippen molar-refractivity contribution in [3.8, 4) is 0 Å². The topological polar surface area (TPSA) is 77.9 Å². The maximum absolute atomic E-state index is 12.2. The average Bonchev–Trinajstić information content (AvgIpc) is 3.44. The summed E-state index contributed by atoms with van der Waals surface area (Å²) >= 11 is 0. The number of hydrogen-bond donors (Lipinski definition) is 1. The Kier molecular flexibility index (Phi) is 5.51. The zero-order valence-corrected chi connectivity index (χ0v) is 19.7. The molecule has 2 aliphatic heterocycles. The molecule has 37 heavy (non-hydrogen) atoms. The van der Waals surface area contributed by atoms with E-state index in [1.54, 1.807) is 12.1 Å². The summed E-state index contributed by atoms with van der Waals surface area (Å²) < 4.78 is 0. The molecule has 0 radical (unpaired) electrons. The average molecular weight is 487 g/mol. The van der Waals surface area contributed by atoms with Gasteiger partial charge in [0.1, 0.15) is 0 Å². The molecule has 4 aromatic rings. The summed E-state index contributed by atoms with van der Waals surface area (Å²) in [6.07, 6.45) is 4.39. The van der Waals surface area contributed by atoms with Gasteiger partial charge in [0.25, 0.3) is 17.7 Å². The van der Waals surface area contributed by atoms with Crippen molar-refractivity contribution >= 4 is 39.9 Å². The van der Waals surface area contributed by atoms with Gasteiger partial charge in [-0.2, -0.15) is 0 Å². The monoisotopic (exact) mass is 486 g/mol. The standard InChI is InChI=1S/C31H22N2O4/c34-27-15-16-28(35)32(27)25-11-7-21(8-12-25)31(24-6-5-20-3-1-2-4-23(20)19-24)22-9-13-26(14-10-22)33-29(36)17-18-30(33)37/h1-19,27,31,34H. The maximum Gasteiger partial charge on any atom is 0.258 e. The number of benzene rings is 4. The minimum atomic E-state index is -0.979. The van der Waals surface area contributed by atoms with Crippen LogP contribution in [0.25, 0.3) is 10.8 Å². The van der Waals surface area contributed by atoms with E-state index < -0.39 is 6.23 Å². The molecule has 0 spiro atoms. The molecule has 2 aliphatic rings. The smallest absolute Gasteiger partial charge is 0.258 e. The highest BCUT2D eigenvalue weighted by Crippen LogP contribution is 2.36. The number of carbonyl (C=O) groups is 3. The van der Waals surface area contributed by atoms with Gasteiger partial charge in [-0.25, -0.2) is 4.90 Å². The molecule has 2 heterocycles. The fourth-order valence-electron chi connectivity index (χ4n) is 5.01. The lowest BCUT2D eigenvalue weighted by atomic mass is 9.84. The highest BCUT2D eigenvalue weighted by molar-refractivity contribution is 6.28. The Morgan fingerprint density at radius 1 is 0.595 bits per heavy atom. The highest BCUT2D eigenvalue weighted by atomic mass is 16.3. The predicted molar refractivity (Wildman–Crippen MR) is 142 cm³/mol. The zero-order chi connectivity index (χ0) is 25.5. The molecule has 6 rings (SSSR count). The maximum atomic E-state index is 12.2. The molecule has 6 heteroatoms. The molecule has 0 aliphatic carbocycles. The van der Waals surface area contributed by atoms with Gasteiger partial charge in [-0.1, -0.05) is 66.7 Å². The normalized spacial score (nSPS) is 17.9. The van der Waals surface area contributed by atoms with Crippen LogP contribution in [0, 0.1) is 0 Å². The van der Waals surface area contributed by atoms with Crippen LogP contribution in [0.3, 0.4) is 0 Å². The molecule has 4 aromatic carbocycles. The van der Waals surface area contributed by atoms with E-state index in [0.717, 1.165) is 32.4 Å². The van der Waals surface area contributed by atoms with Crippen LogP contribution in [0.5, 0.6) is 0 Å². The number of fused-ring (bicyclic) bond motifs is 1. The fraction of sp³-hybridized carbons (Fsp3) is 0.0645. The van der Waals surface area contributed by atoms with E-state index in [0.29, 0.717) is 11.4 Å². The lowest BCUT2D eigenvalue weighted by Crippen LogP contribution is -2.33. The second-order valence-corrected chi connectivity index (χ2v) is 9.05. The summed E-state index contributed by atoms with van der Waals surface area (Å²) in [6.45, 7) is 0. The molecule has 0 saturated carbocycles. The van der Waals surface area contributed by atoms with Gasteiger partial charge in [0, 0.05) is 29.8 Å². The van der Waals surface area contributed by atoms with Crippen LogP contribution in [0.2, 0.25) is 0 Å². The van der Waals surface area contributed by atoms with Crippen molar-refractivity contribution in [1.82, 2.24) is 0 Å². The number of amides is 3. The van der Waals surface area contributed by atoms with E-state index in [-0.39, 0.29) is 23.6 Å². The molecule has 0 saturated heterocycles. The van der Waals surface area contributed by atoms with Crippen molar-refractivity contribution in [3.05, 3.63) is 132 Å². The number of rotatable bonds is 5. The van der Waals surface area contributed by atoms with Crippen LogP contribution in [-0.4, -0.2) is 29.1 Å². The van der Waals surface area contributed by atoms with Gasteiger partial charge in [0.2, 0.25) is 0 Å². The summed E-state index contributed by atoms with van der Waals surface area (Å²) in [5.41, 5.74) is 4.18. The first-order valence-corrected chi connectivity index (χ1v) is 11.9. The molecule has 2 atom stereocenters. The first-order chi connectivity index (χ1) is 18.0. The number of aliphatic hydroxyl groups is 1. The molecule has 1 N–H and O–H groups in total. The summed E-state index contributed by atoms with van der Waals surface area (Å²) in [7, 11) is 0. The van der Waals surface area contributed by atoms with E-state index in [1.807, 2.05) is 48.5 Å². The zero-order valence-electron chi connectivity index (χ0n) is 19.7. The molecule has 2 unspecified atom stereocenters. The Labute approximate surface area is 213 Å².